The fraction of sp³-hybridized carbons (Fsp3) is 0.692. The van der Waals surface area contributed by atoms with Crippen molar-refractivity contribution >= 4 is 10.0 Å². The van der Waals surface area contributed by atoms with Gasteiger partial charge in [0.05, 0.1) is 6.10 Å². The first kappa shape index (κ1) is 17.2. The Kier molecular flexibility index (Phi) is 6.19. The average molecular weight is 304 g/mol. The second-order valence-electron chi connectivity index (χ2n) is 4.70. The Morgan fingerprint density at radius 1 is 1.30 bits per heavy atom. The van der Waals surface area contributed by atoms with E-state index in [9.17, 15) is 8.42 Å². The summed E-state index contributed by atoms with van der Waals surface area (Å²) in [6.45, 7) is 8.66. The SMILES string of the molecule is CCNCc1c(C)oc(C)c1S(=O)(=O)NCC(C)OC. The van der Waals surface area contributed by atoms with Gasteiger partial charge in [-0.3, -0.25) is 0 Å². The van der Waals surface area contributed by atoms with E-state index in [0.29, 0.717) is 23.6 Å². The molecule has 2 N–H and O–H groups in total. The molecule has 1 rings (SSSR count). The van der Waals surface area contributed by atoms with Crippen molar-refractivity contribution in [2.24, 2.45) is 0 Å². The smallest absolute Gasteiger partial charge is 0.244 e. The number of rotatable bonds is 8. The summed E-state index contributed by atoms with van der Waals surface area (Å²) in [7, 11) is -2.06. The van der Waals surface area contributed by atoms with Crippen LogP contribution in [-0.4, -0.2) is 34.7 Å². The topological polar surface area (TPSA) is 80.6 Å². The van der Waals surface area contributed by atoms with Crippen molar-refractivity contribution in [3.05, 3.63) is 17.1 Å². The van der Waals surface area contributed by atoms with E-state index in [2.05, 4.69) is 10.0 Å². The van der Waals surface area contributed by atoms with Gasteiger partial charge in [-0.15, -0.1) is 0 Å². The first-order valence-electron chi connectivity index (χ1n) is 6.65. The second-order valence-corrected chi connectivity index (χ2v) is 6.40. The maximum atomic E-state index is 12.4. The first-order chi connectivity index (χ1) is 9.33. The summed E-state index contributed by atoms with van der Waals surface area (Å²) < 4.78 is 37.9. The molecule has 0 saturated heterocycles. The molecule has 1 atom stereocenters. The summed E-state index contributed by atoms with van der Waals surface area (Å²) in [6.07, 6.45) is -0.185. The van der Waals surface area contributed by atoms with E-state index in [1.54, 1.807) is 27.9 Å². The zero-order chi connectivity index (χ0) is 15.3. The molecular formula is C13H24N2O4S. The normalized spacial score (nSPS) is 13.7. The third-order valence-corrected chi connectivity index (χ3v) is 4.73. The van der Waals surface area contributed by atoms with Gasteiger partial charge < -0.3 is 14.5 Å². The van der Waals surface area contributed by atoms with Crippen LogP contribution in [0.25, 0.3) is 0 Å². The van der Waals surface area contributed by atoms with Crippen LogP contribution in [0, 0.1) is 13.8 Å². The van der Waals surface area contributed by atoms with Crippen LogP contribution >= 0.6 is 0 Å². The lowest BCUT2D eigenvalue weighted by molar-refractivity contribution is 0.122. The van der Waals surface area contributed by atoms with Gasteiger partial charge in [-0.1, -0.05) is 6.92 Å². The number of hydrogen-bond acceptors (Lipinski definition) is 5. The average Bonchev–Trinajstić information content (AvgIpc) is 2.68. The van der Waals surface area contributed by atoms with Gasteiger partial charge in [-0.2, -0.15) is 0 Å². The van der Waals surface area contributed by atoms with Crippen LogP contribution in [0.3, 0.4) is 0 Å². The molecule has 0 radical (unpaired) electrons. The lowest BCUT2D eigenvalue weighted by atomic mass is 10.2. The Bertz CT molecular complexity index is 537. The van der Waals surface area contributed by atoms with E-state index in [0.717, 1.165) is 6.54 Å². The largest absolute Gasteiger partial charge is 0.465 e. The maximum Gasteiger partial charge on any atom is 0.244 e. The fourth-order valence-corrected chi connectivity index (χ4v) is 3.46. The van der Waals surface area contributed by atoms with Crippen molar-refractivity contribution in [3.8, 4) is 0 Å². The zero-order valence-electron chi connectivity index (χ0n) is 12.7. The van der Waals surface area contributed by atoms with Gasteiger partial charge in [0.2, 0.25) is 10.0 Å². The quantitative estimate of drug-likeness (QED) is 0.757. The van der Waals surface area contributed by atoms with Gasteiger partial charge in [0, 0.05) is 25.8 Å². The predicted octanol–water partition coefficient (Wildman–Crippen LogP) is 1.32. The molecule has 0 aliphatic carbocycles. The molecule has 0 saturated carbocycles. The molecule has 0 fully saturated rings. The van der Waals surface area contributed by atoms with Gasteiger partial charge in [0.1, 0.15) is 16.4 Å². The van der Waals surface area contributed by atoms with Crippen molar-refractivity contribution in [1.29, 1.82) is 0 Å². The highest BCUT2D eigenvalue weighted by molar-refractivity contribution is 7.89. The summed E-state index contributed by atoms with van der Waals surface area (Å²) in [5.41, 5.74) is 0.682. The minimum absolute atomic E-state index is 0.185. The Morgan fingerprint density at radius 3 is 2.50 bits per heavy atom. The van der Waals surface area contributed by atoms with Crippen LogP contribution in [0.15, 0.2) is 9.31 Å². The molecule has 1 heterocycles. The Morgan fingerprint density at radius 2 is 1.95 bits per heavy atom. The molecule has 116 valence electrons. The van der Waals surface area contributed by atoms with Crippen LogP contribution in [0.4, 0.5) is 0 Å². The van der Waals surface area contributed by atoms with Crippen LogP contribution in [-0.2, 0) is 21.3 Å². The third-order valence-electron chi connectivity index (χ3n) is 3.11. The molecular weight excluding hydrogens is 280 g/mol. The van der Waals surface area contributed by atoms with Gasteiger partial charge in [-0.05, 0) is 27.3 Å². The molecule has 0 amide bonds. The lowest BCUT2D eigenvalue weighted by Crippen LogP contribution is -2.32. The molecule has 0 bridgehead atoms. The summed E-state index contributed by atoms with van der Waals surface area (Å²) in [6, 6.07) is 0. The molecule has 0 spiro atoms. The highest BCUT2D eigenvalue weighted by atomic mass is 32.2. The molecule has 0 aliphatic rings. The van der Waals surface area contributed by atoms with Crippen molar-refractivity contribution in [3.63, 3.8) is 0 Å². The fourth-order valence-electron chi connectivity index (χ4n) is 1.90. The van der Waals surface area contributed by atoms with Crippen LogP contribution in [0.5, 0.6) is 0 Å². The maximum absolute atomic E-state index is 12.4. The Balaban J connectivity index is 3.04. The van der Waals surface area contributed by atoms with E-state index in [1.807, 2.05) is 6.92 Å². The number of nitrogens with one attached hydrogen (secondary N) is 2. The molecule has 7 heteroatoms. The van der Waals surface area contributed by atoms with E-state index < -0.39 is 10.0 Å². The lowest BCUT2D eigenvalue weighted by Gasteiger charge is -2.12. The number of methoxy groups -OCH3 is 1. The highest BCUT2D eigenvalue weighted by Crippen LogP contribution is 2.26. The van der Waals surface area contributed by atoms with Gasteiger partial charge in [0.15, 0.2) is 0 Å². The number of aryl methyl sites for hydroxylation is 2. The minimum Gasteiger partial charge on any atom is -0.465 e. The number of hydrogen-bond donors (Lipinski definition) is 2. The molecule has 0 aliphatic heterocycles. The second kappa shape index (κ2) is 7.21. The molecule has 20 heavy (non-hydrogen) atoms. The summed E-state index contributed by atoms with van der Waals surface area (Å²) >= 11 is 0. The monoisotopic (exact) mass is 304 g/mol. The molecule has 6 nitrogen and oxygen atoms in total. The highest BCUT2D eigenvalue weighted by Gasteiger charge is 2.26. The van der Waals surface area contributed by atoms with Crippen molar-refractivity contribution in [1.82, 2.24) is 10.0 Å². The number of ether oxygens (including phenoxy) is 1. The standard InChI is InChI=1S/C13H24N2O4S/c1-6-14-8-12-10(3)19-11(4)13(12)20(16,17)15-7-9(2)18-5/h9,14-15H,6-8H2,1-5H3. The predicted molar refractivity (Wildman–Crippen MR) is 77.2 cm³/mol. The zero-order valence-corrected chi connectivity index (χ0v) is 13.6. The van der Waals surface area contributed by atoms with Gasteiger partial charge in [0.25, 0.3) is 0 Å². The Labute approximate surface area is 120 Å². The molecule has 1 aromatic heterocycles. The van der Waals surface area contributed by atoms with Gasteiger partial charge in [-0.25, -0.2) is 13.1 Å². The van der Waals surface area contributed by atoms with Crippen molar-refractivity contribution in [2.45, 2.75) is 45.2 Å². The minimum atomic E-state index is -3.60. The van der Waals surface area contributed by atoms with Crippen molar-refractivity contribution in [2.75, 3.05) is 20.2 Å². The van der Waals surface area contributed by atoms with Crippen LogP contribution < -0.4 is 10.0 Å². The van der Waals surface area contributed by atoms with E-state index in [4.69, 9.17) is 9.15 Å². The van der Waals surface area contributed by atoms with E-state index >= 15 is 0 Å². The van der Waals surface area contributed by atoms with Crippen LogP contribution in [0.1, 0.15) is 30.9 Å². The van der Waals surface area contributed by atoms with E-state index in [1.165, 1.54) is 0 Å². The third kappa shape index (κ3) is 4.05. The first-order valence-corrected chi connectivity index (χ1v) is 8.13. The van der Waals surface area contributed by atoms with Gasteiger partial charge >= 0.3 is 0 Å². The number of furan rings is 1. The molecule has 0 aromatic carbocycles. The van der Waals surface area contributed by atoms with Crippen molar-refractivity contribution < 1.29 is 17.6 Å². The molecule has 1 aromatic rings. The summed E-state index contributed by atoms with van der Waals surface area (Å²) in [4.78, 5) is 0.235. The Hall–Kier alpha value is -0.890. The van der Waals surface area contributed by atoms with Crippen LogP contribution in [0.2, 0.25) is 0 Å². The van der Waals surface area contributed by atoms with E-state index in [-0.39, 0.29) is 17.5 Å². The summed E-state index contributed by atoms with van der Waals surface area (Å²) in [5, 5.41) is 3.13. The molecule has 1 unspecified atom stereocenters. The number of sulfonamides is 1. The summed E-state index contributed by atoms with van der Waals surface area (Å²) in [5.74, 6) is 1.04.